The summed E-state index contributed by atoms with van der Waals surface area (Å²) in [6, 6.07) is 6.16. The van der Waals surface area contributed by atoms with Crippen LogP contribution in [0.1, 0.15) is 17.3 Å². The number of benzene rings is 1. The second-order valence-electron chi connectivity index (χ2n) is 2.32. The molecule has 0 fully saturated rings. The predicted octanol–water partition coefficient (Wildman–Crippen LogP) is 2.84. The number of ether oxygens (including phenoxy) is 1. The van der Waals surface area contributed by atoms with Crippen molar-refractivity contribution in [2.45, 2.75) is 11.8 Å². The van der Waals surface area contributed by atoms with Crippen LogP contribution in [0.15, 0.2) is 29.2 Å². The topological polar surface area (TPSA) is 26.3 Å². The summed E-state index contributed by atoms with van der Waals surface area (Å²) in [6.45, 7) is 2.09. The van der Waals surface area contributed by atoms with Crippen LogP contribution in [0.2, 0.25) is 0 Å². The smallest absolute Gasteiger partial charge is 0.338 e. The van der Waals surface area contributed by atoms with Crippen LogP contribution in [0.4, 0.5) is 3.89 Å². The average molecular weight is 200 g/mol. The Morgan fingerprint density at radius 1 is 1.46 bits per heavy atom. The van der Waals surface area contributed by atoms with Gasteiger partial charge in [-0.25, -0.2) is 4.79 Å². The van der Waals surface area contributed by atoms with Crippen molar-refractivity contribution < 1.29 is 13.4 Å². The third-order valence-electron chi connectivity index (χ3n) is 1.45. The highest BCUT2D eigenvalue weighted by molar-refractivity contribution is 7.94. The summed E-state index contributed by atoms with van der Waals surface area (Å²) in [7, 11) is 0. The standard InChI is InChI=1S/C9H9FO2S/c1-2-12-9(11)7-3-5-8(13-10)6-4-7/h3-6H,2H2,1H3. The van der Waals surface area contributed by atoms with Crippen LogP contribution in [-0.2, 0) is 4.74 Å². The molecule has 0 N–H and O–H groups in total. The zero-order valence-corrected chi connectivity index (χ0v) is 7.94. The van der Waals surface area contributed by atoms with E-state index in [4.69, 9.17) is 4.74 Å². The number of hydrogen-bond acceptors (Lipinski definition) is 3. The lowest BCUT2D eigenvalue weighted by molar-refractivity contribution is 0.0526. The molecule has 0 radical (unpaired) electrons. The molecule has 4 heteroatoms. The fourth-order valence-electron chi connectivity index (χ4n) is 0.857. The first-order valence-electron chi connectivity index (χ1n) is 3.83. The van der Waals surface area contributed by atoms with Crippen molar-refractivity contribution >= 4 is 18.1 Å². The molecule has 0 saturated carbocycles. The first kappa shape index (κ1) is 10.1. The predicted molar refractivity (Wildman–Crippen MR) is 49.4 cm³/mol. The van der Waals surface area contributed by atoms with Gasteiger partial charge in [-0.15, -0.1) is 0 Å². The second-order valence-corrected chi connectivity index (χ2v) is 2.95. The summed E-state index contributed by atoms with van der Waals surface area (Å²) < 4.78 is 16.8. The van der Waals surface area contributed by atoms with Gasteiger partial charge >= 0.3 is 5.97 Å². The number of hydrogen-bond donors (Lipinski definition) is 0. The Morgan fingerprint density at radius 2 is 2.08 bits per heavy atom. The van der Waals surface area contributed by atoms with Crippen LogP contribution in [0.25, 0.3) is 0 Å². The van der Waals surface area contributed by atoms with E-state index in [0.717, 1.165) is 0 Å². The van der Waals surface area contributed by atoms with Gasteiger partial charge in [-0.3, -0.25) is 0 Å². The van der Waals surface area contributed by atoms with Crippen molar-refractivity contribution in [1.29, 1.82) is 0 Å². The molecule has 0 spiro atoms. The number of carbonyl (C=O) groups excluding carboxylic acids is 1. The molecule has 2 nitrogen and oxygen atoms in total. The van der Waals surface area contributed by atoms with E-state index < -0.39 is 0 Å². The van der Waals surface area contributed by atoms with Crippen molar-refractivity contribution in [3.8, 4) is 0 Å². The lowest BCUT2D eigenvalue weighted by Crippen LogP contribution is -2.03. The van der Waals surface area contributed by atoms with E-state index in [9.17, 15) is 8.68 Å². The van der Waals surface area contributed by atoms with Crippen LogP contribution in [0.5, 0.6) is 0 Å². The SMILES string of the molecule is CCOC(=O)c1ccc(SF)cc1. The molecule has 0 amide bonds. The number of rotatable bonds is 3. The fourth-order valence-corrected chi connectivity index (χ4v) is 1.10. The molecule has 0 aliphatic carbocycles. The highest BCUT2D eigenvalue weighted by atomic mass is 32.2. The van der Waals surface area contributed by atoms with E-state index in [-0.39, 0.29) is 18.1 Å². The Bertz CT molecular complexity index is 284. The van der Waals surface area contributed by atoms with Crippen LogP contribution < -0.4 is 0 Å². The minimum Gasteiger partial charge on any atom is -0.462 e. The van der Waals surface area contributed by atoms with Crippen LogP contribution in [0.3, 0.4) is 0 Å². The molecule has 1 rings (SSSR count). The van der Waals surface area contributed by atoms with Crippen molar-refractivity contribution in [3.05, 3.63) is 29.8 Å². The highest BCUT2D eigenvalue weighted by Crippen LogP contribution is 2.18. The third-order valence-corrected chi connectivity index (χ3v) is 1.90. The van der Waals surface area contributed by atoms with Gasteiger partial charge in [0.25, 0.3) is 0 Å². The van der Waals surface area contributed by atoms with E-state index in [0.29, 0.717) is 17.1 Å². The van der Waals surface area contributed by atoms with Gasteiger partial charge in [0.1, 0.15) is 0 Å². The molecule has 0 heterocycles. The molecule has 0 bridgehead atoms. The van der Waals surface area contributed by atoms with Gasteiger partial charge in [-0.05, 0) is 31.2 Å². The summed E-state index contributed by atoms with van der Waals surface area (Å²) in [6.07, 6.45) is 0. The largest absolute Gasteiger partial charge is 0.462 e. The van der Waals surface area contributed by atoms with Crippen LogP contribution in [-0.4, -0.2) is 12.6 Å². The maximum atomic E-state index is 12.0. The maximum absolute atomic E-state index is 12.0. The third kappa shape index (κ3) is 2.73. The monoisotopic (exact) mass is 200 g/mol. The van der Waals surface area contributed by atoms with Gasteiger partial charge in [0.05, 0.1) is 24.3 Å². The second kappa shape index (κ2) is 4.87. The molecular weight excluding hydrogens is 191 g/mol. The van der Waals surface area contributed by atoms with E-state index in [1.165, 1.54) is 12.1 Å². The van der Waals surface area contributed by atoms with Gasteiger partial charge in [-0.2, -0.15) is 3.89 Å². The van der Waals surface area contributed by atoms with Crippen molar-refractivity contribution in [2.24, 2.45) is 0 Å². The quantitative estimate of drug-likeness (QED) is 0.702. The Morgan fingerprint density at radius 3 is 2.54 bits per heavy atom. The van der Waals surface area contributed by atoms with Crippen LogP contribution in [0, 0.1) is 0 Å². The number of halogens is 1. The minimum atomic E-state index is -0.377. The Labute approximate surface area is 80.4 Å². The zero-order valence-electron chi connectivity index (χ0n) is 7.12. The summed E-state index contributed by atoms with van der Waals surface area (Å²) in [4.78, 5) is 11.6. The molecule has 1 aromatic rings. The zero-order chi connectivity index (χ0) is 9.68. The Kier molecular flexibility index (Phi) is 3.76. The molecule has 70 valence electrons. The summed E-state index contributed by atoms with van der Waals surface area (Å²) in [5.74, 6) is -0.377. The summed E-state index contributed by atoms with van der Waals surface area (Å²) in [5.41, 5.74) is 0.444. The minimum absolute atomic E-state index is 0.150. The molecule has 0 aliphatic heterocycles. The lowest BCUT2D eigenvalue weighted by atomic mass is 10.2. The van der Waals surface area contributed by atoms with E-state index in [1.54, 1.807) is 19.1 Å². The molecule has 0 unspecified atom stereocenters. The maximum Gasteiger partial charge on any atom is 0.338 e. The molecule has 0 aromatic heterocycles. The lowest BCUT2D eigenvalue weighted by Gasteiger charge is -2.00. The first-order chi connectivity index (χ1) is 6.27. The summed E-state index contributed by atoms with van der Waals surface area (Å²) >= 11 is 0.150. The number of esters is 1. The highest BCUT2D eigenvalue weighted by Gasteiger charge is 2.05. The summed E-state index contributed by atoms with van der Waals surface area (Å²) in [5, 5.41) is 0. The molecule has 13 heavy (non-hydrogen) atoms. The van der Waals surface area contributed by atoms with Gasteiger partial charge < -0.3 is 4.74 Å². The first-order valence-corrected chi connectivity index (χ1v) is 4.55. The molecule has 0 aliphatic rings. The van der Waals surface area contributed by atoms with Crippen LogP contribution >= 0.6 is 12.1 Å². The fraction of sp³-hybridized carbons (Fsp3) is 0.222. The van der Waals surface area contributed by atoms with Gasteiger partial charge in [-0.1, -0.05) is 0 Å². The molecular formula is C9H9FO2S. The van der Waals surface area contributed by atoms with Crippen molar-refractivity contribution in [2.75, 3.05) is 6.61 Å². The van der Waals surface area contributed by atoms with Crippen molar-refractivity contribution in [3.63, 3.8) is 0 Å². The molecule has 1 aromatic carbocycles. The van der Waals surface area contributed by atoms with Crippen molar-refractivity contribution in [1.82, 2.24) is 0 Å². The number of carbonyl (C=O) groups is 1. The van der Waals surface area contributed by atoms with Gasteiger partial charge in [0.2, 0.25) is 0 Å². The van der Waals surface area contributed by atoms with E-state index in [1.807, 2.05) is 0 Å². The Balaban J connectivity index is 2.74. The Hall–Kier alpha value is -1.03. The van der Waals surface area contributed by atoms with Gasteiger partial charge in [0, 0.05) is 4.90 Å². The van der Waals surface area contributed by atoms with E-state index >= 15 is 0 Å². The molecule has 0 atom stereocenters. The van der Waals surface area contributed by atoms with E-state index in [2.05, 4.69) is 0 Å². The molecule has 0 saturated heterocycles. The average Bonchev–Trinajstić information content (AvgIpc) is 2.18. The van der Waals surface area contributed by atoms with Gasteiger partial charge in [0.15, 0.2) is 0 Å². The normalized spacial score (nSPS) is 9.69.